The number of nitrogens with zero attached hydrogens (tertiary/aromatic N) is 1. The van der Waals surface area contributed by atoms with E-state index in [0.717, 1.165) is 23.2 Å². The maximum atomic E-state index is 10.4. The van der Waals surface area contributed by atoms with Crippen LogP contribution in [0.3, 0.4) is 0 Å². The summed E-state index contributed by atoms with van der Waals surface area (Å²) in [5.74, 6) is 0.808. The number of hydrogen-bond donors (Lipinski definition) is 2. The van der Waals surface area contributed by atoms with Crippen LogP contribution in [0.4, 0.5) is 0 Å². The zero-order valence-corrected chi connectivity index (χ0v) is 17.5. The fraction of sp³-hybridized carbons (Fsp3) is 1.00. The molecule has 0 saturated carbocycles. The van der Waals surface area contributed by atoms with Crippen molar-refractivity contribution in [3.05, 3.63) is 0 Å². The van der Waals surface area contributed by atoms with Gasteiger partial charge in [0.1, 0.15) is 0 Å². The molecule has 0 unspecified atom stereocenters. The van der Waals surface area contributed by atoms with Gasteiger partial charge in [-0.3, -0.25) is 0 Å². The van der Waals surface area contributed by atoms with Crippen LogP contribution in [0.15, 0.2) is 0 Å². The molecule has 0 amide bonds. The first kappa shape index (κ1) is 22.6. The molecular formula is C15H37NO4PS+. The fourth-order valence-electron chi connectivity index (χ4n) is 2.30. The normalized spacial score (nSPS) is 15.2. The Morgan fingerprint density at radius 2 is 1.59 bits per heavy atom. The molecule has 0 aliphatic heterocycles. The first-order chi connectivity index (χ1) is 9.74. The van der Waals surface area contributed by atoms with Crippen molar-refractivity contribution in [2.24, 2.45) is 10.8 Å². The van der Waals surface area contributed by atoms with Crippen LogP contribution >= 0.6 is 20.8 Å². The van der Waals surface area contributed by atoms with E-state index in [1.807, 2.05) is 0 Å². The van der Waals surface area contributed by atoms with Crippen LogP contribution in [0.2, 0.25) is 0 Å². The molecule has 22 heavy (non-hydrogen) atoms. The van der Waals surface area contributed by atoms with Crippen molar-refractivity contribution in [2.75, 3.05) is 53.8 Å². The summed E-state index contributed by atoms with van der Waals surface area (Å²) in [6.45, 7) is 10.2. The minimum atomic E-state index is -3.55. The second kappa shape index (κ2) is 8.61. The zero-order valence-electron chi connectivity index (χ0n) is 15.6. The van der Waals surface area contributed by atoms with Crippen molar-refractivity contribution < 1.29 is 22.9 Å². The number of quaternary nitrogens is 1. The Labute approximate surface area is 143 Å². The van der Waals surface area contributed by atoms with Gasteiger partial charge < -0.3 is 0 Å². The molecule has 0 rings (SSSR count). The maximum absolute atomic E-state index is 10.4. The molecule has 0 spiro atoms. The Morgan fingerprint density at radius 3 is 2.00 bits per heavy atom. The van der Waals surface area contributed by atoms with Gasteiger partial charge in [0, 0.05) is 0 Å². The molecule has 0 saturated heterocycles. The van der Waals surface area contributed by atoms with Crippen molar-refractivity contribution in [2.45, 2.75) is 34.1 Å². The molecule has 0 aliphatic carbocycles. The molecule has 0 aromatic heterocycles. The molecule has 136 valence electrons. The molecule has 1 N–H and O–H groups in total. The van der Waals surface area contributed by atoms with Crippen LogP contribution in [0.5, 0.6) is 0 Å². The third-order valence-corrected chi connectivity index (χ3v) is 5.79. The first-order valence-corrected chi connectivity index (χ1v) is 10.0. The van der Waals surface area contributed by atoms with E-state index in [1.54, 1.807) is 0 Å². The summed E-state index contributed by atoms with van der Waals surface area (Å²) in [6.07, 6.45) is 0.941. The van der Waals surface area contributed by atoms with E-state index in [4.69, 9.17) is 13.6 Å². The fourth-order valence-corrected chi connectivity index (χ4v) is 3.65. The number of thiol groups is 1. The molecular weight excluding hydrogens is 321 g/mol. The average Bonchev–Trinajstić information content (AvgIpc) is 2.34. The number of rotatable bonds is 11. The second-order valence-electron chi connectivity index (χ2n) is 8.54. The Balaban J connectivity index is 4.47. The summed E-state index contributed by atoms with van der Waals surface area (Å²) in [4.78, 5) is 10.4. The Morgan fingerprint density at radius 1 is 1.05 bits per heavy atom. The van der Waals surface area contributed by atoms with Crippen molar-refractivity contribution in [3.63, 3.8) is 0 Å². The van der Waals surface area contributed by atoms with Crippen molar-refractivity contribution in [1.82, 2.24) is 0 Å². The van der Waals surface area contributed by atoms with Gasteiger partial charge in [-0.2, -0.15) is 0 Å². The first-order valence-electron chi connectivity index (χ1n) is 7.71. The van der Waals surface area contributed by atoms with E-state index in [2.05, 4.69) is 61.5 Å². The van der Waals surface area contributed by atoms with Gasteiger partial charge in [-0.15, -0.1) is 0 Å². The van der Waals surface area contributed by atoms with Crippen molar-refractivity contribution in [1.29, 1.82) is 0 Å². The third-order valence-electron chi connectivity index (χ3n) is 3.33. The van der Waals surface area contributed by atoms with Gasteiger partial charge in [-0.05, 0) is 0 Å². The van der Waals surface area contributed by atoms with E-state index >= 15 is 0 Å². The van der Waals surface area contributed by atoms with Gasteiger partial charge >= 0.3 is 142 Å². The summed E-state index contributed by atoms with van der Waals surface area (Å²) < 4.78 is 17.1. The van der Waals surface area contributed by atoms with E-state index < -0.39 is 8.17 Å². The van der Waals surface area contributed by atoms with Crippen LogP contribution in [-0.2, 0) is 13.6 Å². The molecule has 0 heterocycles. The summed E-state index contributed by atoms with van der Waals surface area (Å²) in [5.41, 5.74) is 0.0302. The predicted molar refractivity (Wildman–Crippen MR) is 98.4 cm³/mol. The number of likely N-dealkylation sites (N-methyl/N-ethyl adjacent to an activating group) is 1. The van der Waals surface area contributed by atoms with Gasteiger partial charge in [-0.25, -0.2) is 0 Å². The predicted octanol–water partition coefficient (Wildman–Crippen LogP) is 3.15. The monoisotopic (exact) mass is 358 g/mol. The van der Waals surface area contributed by atoms with E-state index in [1.165, 1.54) is 7.11 Å². The molecule has 0 fully saturated rings. The standard InChI is InChI=1S/C15H36NO4PS/c1-14(2,11-15(3,4)13-22)12-20-21(17,18-8)19-10-9-16(5,6)7/h17,21H,9-13H2,1-8H3/p+1. The summed E-state index contributed by atoms with van der Waals surface area (Å²) in [5, 5.41) is 0. The SMILES string of the molecule is CO[PH](O)(OCC[N+](C)(C)C)OCC(C)(C)CC(C)(C)CS. The van der Waals surface area contributed by atoms with Crippen LogP contribution in [0.1, 0.15) is 34.1 Å². The summed E-state index contributed by atoms with van der Waals surface area (Å²) in [7, 11) is 4.09. The quantitative estimate of drug-likeness (QED) is 0.338. The van der Waals surface area contributed by atoms with Gasteiger partial charge in [-0.1, -0.05) is 0 Å². The van der Waals surface area contributed by atoms with Gasteiger partial charge in [0.05, 0.1) is 0 Å². The Bertz CT molecular complexity index is 334. The van der Waals surface area contributed by atoms with Crippen molar-refractivity contribution >= 4 is 20.8 Å². The van der Waals surface area contributed by atoms with Crippen LogP contribution in [0.25, 0.3) is 0 Å². The molecule has 0 radical (unpaired) electrons. The van der Waals surface area contributed by atoms with E-state index in [-0.39, 0.29) is 10.8 Å². The van der Waals surface area contributed by atoms with Gasteiger partial charge in [0.25, 0.3) is 0 Å². The third kappa shape index (κ3) is 10.4. The molecule has 0 bridgehead atoms. The van der Waals surface area contributed by atoms with E-state index in [9.17, 15) is 4.89 Å². The van der Waals surface area contributed by atoms with Crippen LogP contribution in [0, 0.1) is 10.8 Å². The molecule has 0 aromatic rings. The van der Waals surface area contributed by atoms with Crippen molar-refractivity contribution in [3.8, 4) is 0 Å². The van der Waals surface area contributed by atoms with E-state index in [0.29, 0.717) is 13.2 Å². The van der Waals surface area contributed by atoms with Crippen LogP contribution in [-0.4, -0.2) is 63.1 Å². The minimum absolute atomic E-state index is 0.0881. The molecule has 0 aliphatic rings. The molecule has 5 nitrogen and oxygen atoms in total. The second-order valence-corrected chi connectivity index (χ2v) is 10.9. The van der Waals surface area contributed by atoms with Gasteiger partial charge in [0.2, 0.25) is 0 Å². The summed E-state index contributed by atoms with van der Waals surface area (Å²) >= 11 is 4.40. The zero-order chi connectivity index (χ0) is 17.7. The topological polar surface area (TPSA) is 47.9 Å². The summed E-state index contributed by atoms with van der Waals surface area (Å²) in [6, 6.07) is 0. The molecule has 7 heteroatoms. The van der Waals surface area contributed by atoms with Crippen LogP contribution < -0.4 is 0 Å². The molecule has 0 aromatic carbocycles. The Hall–Kier alpha value is 0.580. The average molecular weight is 359 g/mol. The Kier molecular flexibility index (Phi) is 8.84. The van der Waals surface area contributed by atoms with Gasteiger partial charge in [0.15, 0.2) is 0 Å². The number of hydrogen-bond acceptors (Lipinski definition) is 5. The molecule has 0 atom stereocenters.